The first kappa shape index (κ1) is 10.5. The van der Waals surface area contributed by atoms with E-state index in [-0.39, 0.29) is 0 Å². The molecule has 1 aromatic heterocycles. The molecule has 3 nitrogen and oxygen atoms in total. The molecular weight excluding hydrogens is 218 g/mol. The molecule has 0 bridgehead atoms. The molecule has 16 heavy (non-hydrogen) atoms. The minimum atomic E-state index is 0.695. The largest absolute Gasteiger partial charge is 0.353 e. The van der Waals surface area contributed by atoms with Crippen LogP contribution in [0.2, 0.25) is 0 Å². The fraction of sp³-hybridized carbons (Fsp3) is 0.750. The van der Waals surface area contributed by atoms with Crippen LogP contribution in [0.4, 0.5) is 5.95 Å². The van der Waals surface area contributed by atoms with Crippen LogP contribution in [0.1, 0.15) is 32.1 Å². The lowest BCUT2D eigenvalue weighted by Crippen LogP contribution is -2.18. The Morgan fingerprint density at radius 3 is 3.06 bits per heavy atom. The van der Waals surface area contributed by atoms with E-state index in [0.717, 1.165) is 17.7 Å². The second-order valence-corrected chi connectivity index (χ2v) is 6.22. The highest BCUT2D eigenvalue weighted by Gasteiger charge is 2.23. The van der Waals surface area contributed by atoms with Crippen molar-refractivity contribution in [1.82, 2.24) is 9.55 Å². The molecule has 4 heteroatoms. The van der Waals surface area contributed by atoms with Gasteiger partial charge in [0.1, 0.15) is 0 Å². The molecule has 2 heterocycles. The number of thioether (sulfide) groups is 1. The maximum Gasteiger partial charge on any atom is 0.203 e. The number of nitrogens with zero attached hydrogens (tertiary/aromatic N) is 2. The normalized spacial score (nSPS) is 25.6. The number of nitrogens with one attached hydrogen (secondary N) is 1. The molecule has 0 amide bonds. The minimum absolute atomic E-state index is 0.695. The molecule has 0 radical (unpaired) electrons. The van der Waals surface area contributed by atoms with E-state index in [2.05, 4.69) is 32.8 Å². The first-order valence-corrected chi connectivity index (χ1v) is 7.36. The van der Waals surface area contributed by atoms with Crippen molar-refractivity contribution < 1.29 is 0 Å². The standard InChI is InChI=1S/C12H19N3S/c1-2-8-16-11(3-1)9-15-7-6-13-12(15)14-10-4-5-10/h6-7,10-11H,1-5,8-9H2,(H,13,14). The summed E-state index contributed by atoms with van der Waals surface area (Å²) in [5.41, 5.74) is 0. The Bertz CT molecular complexity index is 340. The van der Waals surface area contributed by atoms with E-state index in [9.17, 15) is 0 Å². The smallest absolute Gasteiger partial charge is 0.203 e. The van der Waals surface area contributed by atoms with Gasteiger partial charge in [-0.3, -0.25) is 0 Å². The second kappa shape index (κ2) is 4.70. The number of aromatic nitrogens is 2. The van der Waals surface area contributed by atoms with Crippen LogP contribution in [0, 0.1) is 0 Å². The Morgan fingerprint density at radius 2 is 2.31 bits per heavy atom. The number of rotatable bonds is 4. The highest BCUT2D eigenvalue weighted by molar-refractivity contribution is 7.99. The van der Waals surface area contributed by atoms with E-state index in [1.807, 2.05) is 6.20 Å². The van der Waals surface area contributed by atoms with Gasteiger partial charge in [0, 0.05) is 30.2 Å². The Hall–Kier alpha value is -0.640. The van der Waals surface area contributed by atoms with Crippen LogP contribution < -0.4 is 5.32 Å². The molecule has 2 aliphatic rings. The fourth-order valence-electron chi connectivity index (χ4n) is 2.18. The summed E-state index contributed by atoms with van der Waals surface area (Å²) in [7, 11) is 0. The van der Waals surface area contributed by atoms with Crippen LogP contribution in [-0.4, -0.2) is 26.6 Å². The van der Waals surface area contributed by atoms with E-state index in [1.54, 1.807) is 0 Å². The van der Waals surface area contributed by atoms with Crippen molar-refractivity contribution >= 4 is 17.7 Å². The molecule has 1 saturated heterocycles. The fourth-order valence-corrected chi connectivity index (χ4v) is 3.48. The summed E-state index contributed by atoms with van der Waals surface area (Å²) in [6.45, 7) is 1.12. The molecule has 1 unspecified atom stereocenters. The van der Waals surface area contributed by atoms with E-state index < -0.39 is 0 Å². The highest BCUT2D eigenvalue weighted by atomic mass is 32.2. The summed E-state index contributed by atoms with van der Waals surface area (Å²) in [5.74, 6) is 2.42. The monoisotopic (exact) mass is 237 g/mol. The molecule has 1 aromatic rings. The molecule has 1 atom stereocenters. The number of anilines is 1. The Labute approximate surface area is 101 Å². The van der Waals surface area contributed by atoms with Gasteiger partial charge in [-0.2, -0.15) is 11.8 Å². The lowest BCUT2D eigenvalue weighted by atomic mass is 10.2. The zero-order valence-electron chi connectivity index (χ0n) is 9.56. The average Bonchev–Trinajstić information content (AvgIpc) is 3.02. The van der Waals surface area contributed by atoms with Crippen LogP contribution in [0.5, 0.6) is 0 Å². The van der Waals surface area contributed by atoms with Gasteiger partial charge in [0.2, 0.25) is 5.95 Å². The van der Waals surface area contributed by atoms with Crippen molar-refractivity contribution in [2.45, 2.75) is 49.9 Å². The van der Waals surface area contributed by atoms with Crippen molar-refractivity contribution in [3.8, 4) is 0 Å². The van der Waals surface area contributed by atoms with E-state index in [1.165, 1.54) is 37.9 Å². The third-order valence-electron chi connectivity index (χ3n) is 3.30. The SMILES string of the molecule is c1cn(CC2CCCCS2)c(NC2CC2)n1. The predicted molar refractivity (Wildman–Crippen MR) is 69.0 cm³/mol. The summed E-state index contributed by atoms with van der Waals surface area (Å²) < 4.78 is 2.29. The lowest BCUT2D eigenvalue weighted by molar-refractivity contribution is 0.585. The lowest BCUT2D eigenvalue weighted by Gasteiger charge is -2.22. The van der Waals surface area contributed by atoms with Crippen molar-refractivity contribution in [2.75, 3.05) is 11.1 Å². The zero-order chi connectivity index (χ0) is 10.8. The number of hydrogen-bond donors (Lipinski definition) is 1. The number of imidazole rings is 1. The molecule has 2 fully saturated rings. The predicted octanol–water partition coefficient (Wildman–Crippen LogP) is 2.74. The molecule has 1 N–H and O–H groups in total. The van der Waals surface area contributed by atoms with Gasteiger partial charge in [-0.25, -0.2) is 4.98 Å². The first-order valence-electron chi connectivity index (χ1n) is 6.31. The van der Waals surface area contributed by atoms with E-state index in [0.29, 0.717) is 6.04 Å². The maximum atomic E-state index is 4.40. The van der Waals surface area contributed by atoms with Gasteiger partial charge in [-0.15, -0.1) is 0 Å². The van der Waals surface area contributed by atoms with Crippen LogP contribution in [0.15, 0.2) is 12.4 Å². The van der Waals surface area contributed by atoms with Crippen LogP contribution in [0.25, 0.3) is 0 Å². The summed E-state index contributed by atoms with van der Waals surface area (Å²) >= 11 is 2.13. The molecule has 1 saturated carbocycles. The quantitative estimate of drug-likeness (QED) is 0.873. The highest BCUT2D eigenvalue weighted by Crippen LogP contribution is 2.28. The van der Waals surface area contributed by atoms with Gasteiger partial charge in [0.05, 0.1) is 0 Å². The van der Waals surface area contributed by atoms with Crippen molar-refractivity contribution in [3.05, 3.63) is 12.4 Å². The van der Waals surface area contributed by atoms with Gasteiger partial charge in [0.15, 0.2) is 0 Å². The van der Waals surface area contributed by atoms with E-state index in [4.69, 9.17) is 0 Å². The van der Waals surface area contributed by atoms with Crippen molar-refractivity contribution in [3.63, 3.8) is 0 Å². The van der Waals surface area contributed by atoms with E-state index >= 15 is 0 Å². The molecule has 1 aliphatic carbocycles. The third-order valence-corrected chi connectivity index (χ3v) is 4.68. The summed E-state index contributed by atoms with van der Waals surface area (Å²) in [6.07, 6.45) is 10.8. The average molecular weight is 237 g/mol. The zero-order valence-corrected chi connectivity index (χ0v) is 10.4. The van der Waals surface area contributed by atoms with Gasteiger partial charge >= 0.3 is 0 Å². The maximum absolute atomic E-state index is 4.40. The van der Waals surface area contributed by atoms with Gasteiger partial charge in [-0.1, -0.05) is 6.42 Å². The Morgan fingerprint density at radius 1 is 1.38 bits per heavy atom. The first-order chi connectivity index (χ1) is 7.92. The Balaban J connectivity index is 1.61. The summed E-state index contributed by atoms with van der Waals surface area (Å²) in [6, 6.07) is 0.695. The number of hydrogen-bond acceptors (Lipinski definition) is 3. The van der Waals surface area contributed by atoms with Gasteiger partial charge in [0.25, 0.3) is 0 Å². The topological polar surface area (TPSA) is 29.9 Å². The molecule has 88 valence electrons. The molecule has 0 aromatic carbocycles. The van der Waals surface area contributed by atoms with Crippen LogP contribution >= 0.6 is 11.8 Å². The van der Waals surface area contributed by atoms with Crippen molar-refractivity contribution in [1.29, 1.82) is 0 Å². The minimum Gasteiger partial charge on any atom is -0.353 e. The molecule has 3 rings (SSSR count). The van der Waals surface area contributed by atoms with Crippen LogP contribution in [-0.2, 0) is 6.54 Å². The van der Waals surface area contributed by atoms with Crippen LogP contribution in [0.3, 0.4) is 0 Å². The van der Waals surface area contributed by atoms with Crippen molar-refractivity contribution in [2.24, 2.45) is 0 Å². The second-order valence-electron chi connectivity index (χ2n) is 4.81. The summed E-state index contributed by atoms with van der Waals surface area (Å²) in [5, 5.41) is 4.29. The molecule has 0 spiro atoms. The Kier molecular flexibility index (Phi) is 3.09. The molecule has 1 aliphatic heterocycles. The molecular formula is C12H19N3S. The van der Waals surface area contributed by atoms with Gasteiger partial charge in [-0.05, 0) is 31.4 Å². The summed E-state index contributed by atoms with van der Waals surface area (Å²) in [4.78, 5) is 4.40. The third kappa shape index (κ3) is 2.54. The van der Waals surface area contributed by atoms with Gasteiger partial charge < -0.3 is 9.88 Å².